The quantitative estimate of drug-likeness (QED) is 0.667. The van der Waals surface area contributed by atoms with Crippen molar-refractivity contribution in [2.75, 3.05) is 12.2 Å². The Morgan fingerprint density at radius 3 is 3.10 bits per heavy atom. The Labute approximate surface area is 128 Å². The summed E-state index contributed by atoms with van der Waals surface area (Å²) in [5, 5.41) is 10.2. The van der Waals surface area contributed by atoms with Crippen LogP contribution >= 0.6 is 23.2 Å². The summed E-state index contributed by atoms with van der Waals surface area (Å²) < 4.78 is 10.5. The fourth-order valence-electron chi connectivity index (χ4n) is 1.70. The number of nitrogens with zero attached hydrogens (tertiary/aromatic N) is 2. The molecule has 0 bridgehead atoms. The Bertz CT molecular complexity index is 776. The predicted molar refractivity (Wildman–Crippen MR) is 78.7 cm³/mol. The van der Waals surface area contributed by atoms with E-state index in [-0.39, 0.29) is 11.8 Å². The summed E-state index contributed by atoms with van der Waals surface area (Å²) in [6, 6.07) is 3.41. The van der Waals surface area contributed by atoms with Crippen LogP contribution in [0.4, 0.5) is 5.69 Å². The average molecular weight is 327 g/mol. The van der Waals surface area contributed by atoms with E-state index in [0.29, 0.717) is 27.8 Å². The number of aromatic amines is 1. The van der Waals surface area contributed by atoms with Crippen molar-refractivity contribution in [3.05, 3.63) is 44.3 Å². The number of hydrazone groups is 1. The maximum absolute atomic E-state index is 11.3. The molecule has 1 aromatic heterocycles. The van der Waals surface area contributed by atoms with E-state index in [1.807, 2.05) is 0 Å². The first-order chi connectivity index (χ1) is 10.1. The minimum Gasteiger partial charge on any atom is -0.454 e. The van der Waals surface area contributed by atoms with Gasteiger partial charge in [-0.3, -0.25) is 10.2 Å². The van der Waals surface area contributed by atoms with Crippen molar-refractivity contribution in [3.8, 4) is 11.5 Å². The zero-order valence-electron chi connectivity index (χ0n) is 10.4. The highest BCUT2D eigenvalue weighted by atomic mass is 35.5. The van der Waals surface area contributed by atoms with Gasteiger partial charge in [-0.25, -0.2) is 5.10 Å². The van der Waals surface area contributed by atoms with Gasteiger partial charge in [0.15, 0.2) is 11.5 Å². The number of benzene rings is 1. The van der Waals surface area contributed by atoms with E-state index in [0.717, 1.165) is 0 Å². The summed E-state index contributed by atoms with van der Waals surface area (Å²) in [6.07, 6.45) is 2.86. The summed E-state index contributed by atoms with van der Waals surface area (Å²) in [6.45, 7) is 0.141. The van der Waals surface area contributed by atoms with E-state index < -0.39 is 5.56 Å². The maximum atomic E-state index is 11.3. The Balaban J connectivity index is 1.79. The van der Waals surface area contributed by atoms with Gasteiger partial charge in [-0.1, -0.05) is 23.2 Å². The third-order valence-electron chi connectivity index (χ3n) is 2.64. The van der Waals surface area contributed by atoms with Crippen LogP contribution in [0.2, 0.25) is 10.0 Å². The molecule has 0 fully saturated rings. The molecule has 1 aliphatic heterocycles. The molecule has 2 heterocycles. The van der Waals surface area contributed by atoms with Crippen LogP contribution in [-0.2, 0) is 0 Å². The largest absolute Gasteiger partial charge is 0.454 e. The molecule has 0 aliphatic carbocycles. The van der Waals surface area contributed by atoms with Gasteiger partial charge in [0.25, 0.3) is 5.56 Å². The molecule has 0 unspecified atom stereocenters. The van der Waals surface area contributed by atoms with Crippen molar-refractivity contribution in [2.24, 2.45) is 5.10 Å². The molecule has 0 saturated heterocycles. The highest BCUT2D eigenvalue weighted by Gasteiger charge is 2.17. The van der Waals surface area contributed by atoms with Gasteiger partial charge in [-0.2, -0.15) is 10.2 Å². The van der Waals surface area contributed by atoms with Gasteiger partial charge >= 0.3 is 0 Å². The molecule has 7 nitrogen and oxygen atoms in total. The zero-order valence-corrected chi connectivity index (χ0v) is 11.9. The minimum atomic E-state index is -0.497. The summed E-state index contributed by atoms with van der Waals surface area (Å²) in [5.41, 5.74) is 3.13. The first-order valence-electron chi connectivity index (χ1n) is 5.76. The van der Waals surface area contributed by atoms with Crippen molar-refractivity contribution in [1.82, 2.24) is 10.2 Å². The molecular weight excluding hydrogens is 319 g/mol. The Kier molecular flexibility index (Phi) is 3.68. The monoisotopic (exact) mass is 326 g/mol. The number of fused-ring (bicyclic) bond motifs is 1. The molecular formula is C12H8Cl2N4O3. The molecule has 0 saturated carbocycles. The molecule has 108 valence electrons. The summed E-state index contributed by atoms with van der Waals surface area (Å²) in [7, 11) is 0. The molecule has 9 heteroatoms. The second-order valence-electron chi connectivity index (χ2n) is 4.03. The SMILES string of the molecule is O=c1[nH]ncc(N/N=C\c2cc(Cl)c3c(c2)OCO3)c1Cl. The van der Waals surface area contributed by atoms with Gasteiger partial charge in [0.1, 0.15) is 10.7 Å². The Morgan fingerprint density at radius 1 is 1.38 bits per heavy atom. The molecule has 0 spiro atoms. The number of halogens is 2. The molecule has 0 radical (unpaired) electrons. The normalized spacial score (nSPS) is 12.9. The van der Waals surface area contributed by atoms with Gasteiger partial charge in [-0.15, -0.1) is 0 Å². The Hall–Kier alpha value is -2.25. The van der Waals surface area contributed by atoms with E-state index in [9.17, 15) is 4.79 Å². The average Bonchev–Trinajstić information content (AvgIpc) is 2.92. The lowest BCUT2D eigenvalue weighted by Crippen LogP contribution is -2.10. The number of hydrogen-bond donors (Lipinski definition) is 2. The highest BCUT2D eigenvalue weighted by molar-refractivity contribution is 6.33. The third-order valence-corrected chi connectivity index (χ3v) is 3.30. The van der Waals surface area contributed by atoms with Crippen molar-refractivity contribution in [2.45, 2.75) is 0 Å². The molecule has 0 atom stereocenters. The predicted octanol–water partition coefficient (Wildman–Crippen LogP) is 2.25. The van der Waals surface area contributed by atoms with Gasteiger partial charge in [0.05, 0.1) is 17.4 Å². The lowest BCUT2D eigenvalue weighted by Gasteiger charge is -2.02. The molecule has 0 amide bonds. The number of rotatable bonds is 3. The summed E-state index contributed by atoms with van der Waals surface area (Å²) >= 11 is 11.9. The van der Waals surface area contributed by atoms with Crippen LogP contribution in [0.1, 0.15) is 5.56 Å². The van der Waals surface area contributed by atoms with Gasteiger partial charge in [0.2, 0.25) is 6.79 Å². The van der Waals surface area contributed by atoms with Gasteiger partial charge in [-0.05, 0) is 17.7 Å². The second-order valence-corrected chi connectivity index (χ2v) is 4.82. The highest BCUT2D eigenvalue weighted by Crippen LogP contribution is 2.39. The number of aromatic nitrogens is 2. The number of nitrogens with one attached hydrogen (secondary N) is 2. The number of hydrogen-bond acceptors (Lipinski definition) is 6. The second kappa shape index (κ2) is 5.63. The lowest BCUT2D eigenvalue weighted by molar-refractivity contribution is 0.174. The minimum absolute atomic E-state index is 0.0223. The van der Waals surface area contributed by atoms with E-state index in [1.54, 1.807) is 12.1 Å². The first-order valence-corrected chi connectivity index (χ1v) is 6.52. The van der Waals surface area contributed by atoms with Crippen molar-refractivity contribution in [3.63, 3.8) is 0 Å². The van der Waals surface area contributed by atoms with Crippen LogP contribution in [0.15, 0.2) is 28.2 Å². The fraction of sp³-hybridized carbons (Fsp3) is 0.0833. The molecule has 1 aliphatic rings. The van der Waals surface area contributed by atoms with E-state index in [1.165, 1.54) is 12.4 Å². The number of anilines is 1. The summed E-state index contributed by atoms with van der Waals surface area (Å²) in [4.78, 5) is 11.3. The van der Waals surface area contributed by atoms with Gasteiger partial charge < -0.3 is 9.47 Å². The smallest absolute Gasteiger partial charge is 0.285 e. The molecule has 2 aromatic rings. The van der Waals surface area contributed by atoms with Gasteiger partial charge in [0, 0.05) is 0 Å². The van der Waals surface area contributed by atoms with Crippen LogP contribution in [0, 0.1) is 0 Å². The molecule has 21 heavy (non-hydrogen) atoms. The third kappa shape index (κ3) is 2.79. The van der Waals surface area contributed by atoms with E-state index in [4.69, 9.17) is 32.7 Å². The van der Waals surface area contributed by atoms with Crippen molar-refractivity contribution in [1.29, 1.82) is 0 Å². The molecule has 3 rings (SSSR count). The van der Waals surface area contributed by atoms with Crippen LogP contribution in [0.5, 0.6) is 11.5 Å². The van der Waals surface area contributed by atoms with E-state index >= 15 is 0 Å². The Morgan fingerprint density at radius 2 is 2.24 bits per heavy atom. The van der Waals surface area contributed by atoms with Crippen LogP contribution in [-0.4, -0.2) is 23.2 Å². The summed E-state index contributed by atoms with van der Waals surface area (Å²) in [5.74, 6) is 1.07. The standard InChI is InChI=1S/C12H8Cl2N4O3/c13-7-1-6(2-9-11(7)21-5-20-9)3-15-17-8-4-16-18-12(19)10(8)14/h1-4H,5H2,(H2,17,18,19)/b15-3-. The number of ether oxygens (including phenoxy) is 2. The first kappa shape index (κ1) is 13.7. The van der Waals surface area contributed by atoms with Crippen molar-refractivity contribution < 1.29 is 9.47 Å². The van der Waals surface area contributed by atoms with Crippen LogP contribution < -0.4 is 20.5 Å². The van der Waals surface area contributed by atoms with Crippen LogP contribution in [0.3, 0.4) is 0 Å². The zero-order chi connectivity index (χ0) is 14.8. The fourth-order valence-corrected chi connectivity index (χ4v) is 2.11. The molecule has 1 aromatic carbocycles. The van der Waals surface area contributed by atoms with Crippen LogP contribution in [0.25, 0.3) is 0 Å². The topological polar surface area (TPSA) is 88.6 Å². The maximum Gasteiger partial charge on any atom is 0.285 e. The van der Waals surface area contributed by atoms with Crippen molar-refractivity contribution >= 4 is 35.1 Å². The molecule has 2 N–H and O–H groups in total. The number of H-pyrrole nitrogens is 1. The van der Waals surface area contributed by atoms with E-state index in [2.05, 4.69) is 20.7 Å². The lowest BCUT2D eigenvalue weighted by atomic mass is 10.2.